The van der Waals surface area contributed by atoms with E-state index in [1.54, 1.807) is 9.36 Å². The molecule has 3 aliphatic rings. The first-order valence-electron chi connectivity index (χ1n) is 12.5. The third-order valence-electron chi connectivity index (χ3n) is 8.31. The molecule has 5 heteroatoms. The lowest BCUT2D eigenvalue weighted by Crippen LogP contribution is -2.61. The summed E-state index contributed by atoms with van der Waals surface area (Å²) in [5, 5.41) is 0. The third kappa shape index (κ3) is 2.43. The standard InChI is InChI=1S/C30H31N3O2/c1-18(2)20-12-11-13-21(19(3)4)26(20)31-27(34)32-29(5)22-14-7-9-16-24(22)30(6,33(32)28(31)35)25-17-10-8-15-23(25)29/h7-19H,1-6H3. The maximum atomic E-state index is 14.4. The molecule has 0 atom stereocenters. The Hall–Kier alpha value is -3.60. The zero-order chi connectivity index (χ0) is 24.9. The van der Waals surface area contributed by atoms with Crippen LogP contribution in [0.3, 0.4) is 0 Å². The molecule has 0 radical (unpaired) electrons. The minimum Gasteiger partial charge on any atom is -0.245 e. The third-order valence-corrected chi connectivity index (χ3v) is 8.31. The van der Waals surface area contributed by atoms with Crippen LogP contribution in [0.4, 0.5) is 0 Å². The molecule has 1 aromatic heterocycles. The smallest absolute Gasteiger partial charge is 0.245 e. The highest BCUT2D eigenvalue weighted by Crippen LogP contribution is 2.54. The Labute approximate surface area is 205 Å². The van der Waals surface area contributed by atoms with E-state index in [0.717, 1.165) is 39.1 Å². The van der Waals surface area contributed by atoms with Crippen molar-refractivity contribution >= 4 is 0 Å². The molecule has 35 heavy (non-hydrogen) atoms. The minimum absolute atomic E-state index is 0.161. The highest BCUT2D eigenvalue weighted by atomic mass is 16.2. The monoisotopic (exact) mass is 465 g/mol. The van der Waals surface area contributed by atoms with E-state index in [-0.39, 0.29) is 23.2 Å². The van der Waals surface area contributed by atoms with Crippen LogP contribution in [0.5, 0.6) is 0 Å². The second-order valence-electron chi connectivity index (χ2n) is 10.9. The first kappa shape index (κ1) is 21.9. The van der Waals surface area contributed by atoms with E-state index in [1.165, 1.54) is 4.57 Å². The van der Waals surface area contributed by atoms with E-state index in [2.05, 4.69) is 65.8 Å². The van der Waals surface area contributed by atoms with E-state index < -0.39 is 11.1 Å². The molecule has 0 spiro atoms. The molecule has 0 fully saturated rings. The Morgan fingerprint density at radius 3 is 1.23 bits per heavy atom. The molecular formula is C30H31N3O2. The minimum atomic E-state index is -0.794. The summed E-state index contributed by atoms with van der Waals surface area (Å²) >= 11 is 0. The van der Waals surface area contributed by atoms with Gasteiger partial charge in [0, 0.05) is 0 Å². The normalized spacial score (nSPS) is 21.8. The molecule has 0 unspecified atom stereocenters. The van der Waals surface area contributed by atoms with Crippen LogP contribution in [-0.2, 0) is 11.1 Å². The van der Waals surface area contributed by atoms with Gasteiger partial charge in [-0.15, -0.1) is 0 Å². The summed E-state index contributed by atoms with van der Waals surface area (Å²) < 4.78 is 4.89. The predicted molar refractivity (Wildman–Crippen MR) is 139 cm³/mol. The summed E-state index contributed by atoms with van der Waals surface area (Å²) in [5.41, 5.74) is 4.88. The molecule has 4 aromatic rings. The number of aromatic nitrogens is 3. The van der Waals surface area contributed by atoms with Gasteiger partial charge in [-0.1, -0.05) is 94.4 Å². The van der Waals surface area contributed by atoms with E-state index in [9.17, 15) is 9.59 Å². The maximum absolute atomic E-state index is 14.4. The van der Waals surface area contributed by atoms with Gasteiger partial charge in [-0.25, -0.2) is 23.5 Å². The predicted octanol–water partition coefficient (Wildman–Crippen LogP) is 5.30. The van der Waals surface area contributed by atoms with Crippen molar-refractivity contribution in [1.29, 1.82) is 0 Å². The first-order valence-corrected chi connectivity index (χ1v) is 12.5. The van der Waals surface area contributed by atoms with Gasteiger partial charge in [0.25, 0.3) is 0 Å². The van der Waals surface area contributed by atoms with Gasteiger partial charge in [-0.05, 0) is 59.1 Å². The second-order valence-corrected chi connectivity index (χ2v) is 10.9. The van der Waals surface area contributed by atoms with Crippen molar-refractivity contribution in [1.82, 2.24) is 13.9 Å². The van der Waals surface area contributed by atoms with Crippen LogP contribution in [0, 0.1) is 0 Å². The molecule has 2 aliphatic heterocycles. The van der Waals surface area contributed by atoms with Crippen LogP contribution >= 0.6 is 0 Å². The number of benzene rings is 3. The number of rotatable bonds is 3. The van der Waals surface area contributed by atoms with Crippen molar-refractivity contribution < 1.29 is 0 Å². The van der Waals surface area contributed by atoms with Crippen LogP contribution in [0.25, 0.3) is 5.69 Å². The highest BCUT2D eigenvalue weighted by Gasteiger charge is 2.57. The number of para-hydroxylation sites is 1. The molecule has 0 saturated carbocycles. The average Bonchev–Trinajstić information content (AvgIpc) is 3.12. The molecule has 3 heterocycles. The van der Waals surface area contributed by atoms with E-state index >= 15 is 0 Å². The lowest BCUT2D eigenvalue weighted by atomic mass is 9.64. The molecule has 3 aromatic carbocycles. The summed E-state index contributed by atoms with van der Waals surface area (Å²) in [5.74, 6) is 0.323. The molecule has 0 saturated heterocycles. The molecule has 7 rings (SSSR count). The highest BCUT2D eigenvalue weighted by molar-refractivity contribution is 5.61. The molecule has 1 aliphatic carbocycles. The van der Waals surface area contributed by atoms with Gasteiger partial charge in [-0.2, -0.15) is 0 Å². The maximum Gasteiger partial charge on any atom is 0.353 e. The average molecular weight is 466 g/mol. The Kier molecular flexibility index (Phi) is 4.36. The van der Waals surface area contributed by atoms with Crippen LogP contribution in [0.1, 0.15) is 86.8 Å². The number of hydrogen-bond acceptors (Lipinski definition) is 2. The number of hydrogen-bond donors (Lipinski definition) is 0. The van der Waals surface area contributed by atoms with Crippen LogP contribution < -0.4 is 11.4 Å². The van der Waals surface area contributed by atoms with Gasteiger partial charge < -0.3 is 0 Å². The zero-order valence-electron chi connectivity index (χ0n) is 21.2. The summed E-state index contributed by atoms with van der Waals surface area (Å²) in [6, 6.07) is 22.6. The van der Waals surface area contributed by atoms with Gasteiger partial charge in [0.05, 0.1) is 5.69 Å². The Morgan fingerprint density at radius 1 is 0.571 bits per heavy atom. The number of nitrogens with zero attached hydrogens (tertiary/aromatic N) is 3. The Bertz CT molecular complexity index is 1470. The fourth-order valence-electron chi connectivity index (χ4n) is 6.60. The molecule has 0 N–H and O–H groups in total. The van der Waals surface area contributed by atoms with Crippen LogP contribution in [0.2, 0.25) is 0 Å². The molecule has 0 amide bonds. The zero-order valence-corrected chi connectivity index (χ0v) is 21.2. The molecule has 178 valence electrons. The lowest BCUT2D eigenvalue weighted by molar-refractivity contribution is 0.201. The van der Waals surface area contributed by atoms with Crippen LogP contribution in [-0.4, -0.2) is 13.9 Å². The van der Waals surface area contributed by atoms with Gasteiger partial charge in [-0.3, -0.25) is 0 Å². The largest absolute Gasteiger partial charge is 0.353 e. The van der Waals surface area contributed by atoms with Crippen molar-refractivity contribution in [3.63, 3.8) is 0 Å². The van der Waals surface area contributed by atoms with Gasteiger partial charge >= 0.3 is 11.4 Å². The second kappa shape index (κ2) is 6.97. The molecule has 5 nitrogen and oxygen atoms in total. The van der Waals surface area contributed by atoms with Crippen molar-refractivity contribution in [2.45, 2.75) is 64.5 Å². The fourth-order valence-corrected chi connectivity index (χ4v) is 6.60. The van der Waals surface area contributed by atoms with Crippen molar-refractivity contribution in [2.24, 2.45) is 0 Å². The molecule has 2 bridgehead atoms. The van der Waals surface area contributed by atoms with Gasteiger partial charge in [0.2, 0.25) is 0 Å². The van der Waals surface area contributed by atoms with Gasteiger partial charge in [0.1, 0.15) is 11.1 Å². The van der Waals surface area contributed by atoms with E-state index in [4.69, 9.17) is 0 Å². The van der Waals surface area contributed by atoms with Crippen molar-refractivity contribution in [3.05, 3.63) is 121 Å². The summed E-state index contributed by atoms with van der Waals surface area (Å²) in [7, 11) is 0. The van der Waals surface area contributed by atoms with Crippen molar-refractivity contribution in [2.75, 3.05) is 0 Å². The summed E-state index contributed by atoms with van der Waals surface area (Å²) in [6.07, 6.45) is 0. The van der Waals surface area contributed by atoms with Crippen LogP contribution in [0.15, 0.2) is 76.3 Å². The first-order chi connectivity index (χ1) is 16.6. The summed E-state index contributed by atoms with van der Waals surface area (Å²) in [4.78, 5) is 28.9. The fraction of sp³-hybridized carbons (Fsp3) is 0.333. The Morgan fingerprint density at radius 2 is 0.914 bits per heavy atom. The lowest BCUT2D eigenvalue weighted by Gasteiger charge is -2.53. The quantitative estimate of drug-likeness (QED) is 0.412. The van der Waals surface area contributed by atoms with Crippen molar-refractivity contribution in [3.8, 4) is 5.69 Å². The topological polar surface area (TPSA) is 48.9 Å². The van der Waals surface area contributed by atoms with E-state index in [0.29, 0.717) is 0 Å². The van der Waals surface area contributed by atoms with Gasteiger partial charge in [0.15, 0.2) is 0 Å². The van der Waals surface area contributed by atoms with E-state index in [1.807, 2.05) is 42.5 Å². The Balaban J connectivity index is 1.82. The summed E-state index contributed by atoms with van der Waals surface area (Å²) in [6.45, 7) is 12.6. The molecular weight excluding hydrogens is 434 g/mol. The SMILES string of the molecule is CC(C)c1cccc(C(C)C)c1-n1c(=O)n2n(c1=O)C1(C)c3ccccc3C2(C)c2ccccc21.